The van der Waals surface area contributed by atoms with Gasteiger partial charge in [-0.05, 0) is 39.2 Å². The normalized spacial score (nSPS) is 16.2. The number of hydrogen-bond acceptors (Lipinski definition) is 6. The number of alkyl carbamates (subject to hydrolysis) is 1. The van der Waals surface area contributed by atoms with Crippen LogP contribution in [0.25, 0.3) is 0 Å². The lowest BCUT2D eigenvalue weighted by Crippen LogP contribution is -2.56. The highest BCUT2D eigenvalue weighted by Crippen LogP contribution is 2.14. The number of rotatable bonds is 5. The number of aromatic nitrogens is 2. The molecule has 0 aromatic carbocycles. The summed E-state index contributed by atoms with van der Waals surface area (Å²) in [5.41, 5.74) is -0.600. The van der Waals surface area contributed by atoms with E-state index in [1.165, 1.54) is 0 Å². The molecular formula is C19H31N5O3. The van der Waals surface area contributed by atoms with Gasteiger partial charge in [0.25, 0.3) is 0 Å². The highest BCUT2D eigenvalue weighted by atomic mass is 16.6. The number of ether oxygens (including phenoxy) is 1. The van der Waals surface area contributed by atoms with Gasteiger partial charge in [-0.25, -0.2) is 14.8 Å². The minimum absolute atomic E-state index is 0.0665. The molecule has 8 heteroatoms. The number of nitrogens with one attached hydrogen (secondary N) is 1. The van der Waals surface area contributed by atoms with Crippen molar-refractivity contribution in [1.29, 1.82) is 0 Å². The van der Waals surface area contributed by atoms with Crippen molar-refractivity contribution in [3.05, 3.63) is 18.5 Å². The zero-order valence-electron chi connectivity index (χ0n) is 16.9. The molecule has 1 aromatic rings. The molecule has 0 bridgehead atoms. The lowest BCUT2D eigenvalue weighted by Gasteiger charge is -2.36. The summed E-state index contributed by atoms with van der Waals surface area (Å²) in [7, 11) is 0. The Morgan fingerprint density at radius 2 is 1.74 bits per heavy atom. The standard InChI is InChI=1S/C19H31N5O3/c1-14(2)13-15(22-18(26)27-19(3,4)5)16(25)23-9-11-24(12-10-23)17-20-7-6-8-21-17/h6-8,14-15H,9-13H2,1-5H3,(H,22,26)/t15-/m0/s1. The molecule has 0 saturated carbocycles. The second kappa shape index (κ2) is 9.01. The van der Waals surface area contributed by atoms with Crippen LogP contribution in [0.2, 0.25) is 0 Å². The summed E-state index contributed by atoms with van der Waals surface area (Å²) in [6, 6.07) is 1.20. The minimum Gasteiger partial charge on any atom is -0.444 e. The predicted molar refractivity (Wildman–Crippen MR) is 103 cm³/mol. The molecule has 1 aliphatic rings. The fourth-order valence-corrected chi connectivity index (χ4v) is 2.94. The Morgan fingerprint density at radius 1 is 1.15 bits per heavy atom. The maximum absolute atomic E-state index is 13.0. The van der Waals surface area contributed by atoms with Gasteiger partial charge in [0.2, 0.25) is 11.9 Å². The van der Waals surface area contributed by atoms with E-state index < -0.39 is 17.7 Å². The highest BCUT2D eigenvalue weighted by molar-refractivity contribution is 5.86. The number of hydrogen-bond donors (Lipinski definition) is 1. The SMILES string of the molecule is CC(C)C[C@H](NC(=O)OC(C)(C)C)C(=O)N1CCN(c2ncccn2)CC1. The molecule has 1 aromatic heterocycles. The van der Waals surface area contributed by atoms with Crippen LogP contribution in [0.5, 0.6) is 0 Å². The zero-order valence-corrected chi connectivity index (χ0v) is 16.9. The molecule has 8 nitrogen and oxygen atoms in total. The molecule has 0 unspecified atom stereocenters. The summed E-state index contributed by atoms with van der Waals surface area (Å²) < 4.78 is 5.32. The van der Waals surface area contributed by atoms with Crippen molar-refractivity contribution in [1.82, 2.24) is 20.2 Å². The average Bonchev–Trinajstić information content (AvgIpc) is 2.59. The number of amides is 2. The molecule has 0 radical (unpaired) electrons. The number of carbonyl (C=O) groups excluding carboxylic acids is 2. The van der Waals surface area contributed by atoms with E-state index in [1.54, 1.807) is 44.1 Å². The minimum atomic E-state index is -0.600. The molecule has 1 N–H and O–H groups in total. The topological polar surface area (TPSA) is 87.7 Å². The predicted octanol–water partition coefficient (Wildman–Crippen LogP) is 2.06. The third kappa shape index (κ3) is 6.69. The molecule has 2 rings (SSSR count). The zero-order chi connectivity index (χ0) is 20.0. The largest absolute Gasteiger partial charge is 0.444 e. The molecule has 150 valence electrons. The highest BCUT2D eigenvalue weighted by Gasteiger charge is 2.31. The van der Waals surface area contributed by atoms with Crippen molar-refractivity contribution in [2.45, 2.75) is 52.7 Å². The quantitative estimate of drug-likeness (QED) is 0.845. The molecular weight excluding hydrogens is 346 g/mol. The van der Waals surface area contributed by atoms with Gasteiger partial charge in [-0.1, -0.05) is 13.8 Å². The van der Waals surface area contributed by atoms with Crippen LogP contribution in [0.3, 0.4) is 0 Å². The van der Waals surface area contributed by atoms with E-state index in [0.717, 1.165) is 0 Å². The maximum Gasteiger partial charge on any atom is 0.408 e. The fourth-order valence-electron chi connectivity index (χ4n) is 2.94. The Labute approximate surface area is 161 Å². The van der Waals surface area contributed by atoms with Gasteiger partial charge in [0, 0.05) is 38.6 Å². The third-order valence-corrected chi connectivity index (χ3v) is 4.12. The van der Waals surface area contributed by atoms with Gasteiger partial charge < -0.3 is 19.9 Å². The van der Waals surface area contributed by atoms with Gasteiger partial charge in [0.15, 0.2) is 0 Å². The van der Waals surface area contributed by atoms with E-state index in [-0.39, 0.29) is 11.8 Å². The number of piperazine rings is 1. The van der Waals surface area contributed by atoms with Crippen LogP contribution in [0, 0.1) is 5.92 Å². The number of carbonyl (C=O) groups is 2. The van der Waals surface area contributed by atoms with Crippen molar-refractivity contribution in [2.75, 3.05) is 31.1 Å². The summed E-state index contributed by atoms with van der Waals surface area (Å²) in [4.78, 5) is 37.5. The molecule has 2 amide bonds. The van der Waals surface area contributed by atoms with Crippen LogP contribution in [0.1, 0.15) is 41.0 Å². The first-order valence-corrected chi connectivity index (χ1v) is 9.46. The van der Waals surface area contributed by atoms with Gasteiger partial charge in [0.1, 0.15) is 11.6 Å². The average molecular weight is 377 g/mol. The molecule has 1 fully saturated rings. The molecule has 1 aliphatic heterocycles. The molecule has 2 heterocycles. The first kappa shape index (κ1) is 20.9. The van der Waals surface area contributed by atoms with E-state index in [0.29, 0.717) is 38.5 Å². The Bertz CT molecular complexity index is 622. The lowest BCUT2D eigenvalue weighted by atomic mass is 10.0. The summed E-state index contributed by atoms with van der Waals surface area (Å²) in [5, 5.41) is 2.75. The van der Waals surface area contributed by atoms with Crippen molar-refractivity contribution < 1.29 is 14.3 Å². The van der Waals surface area contributed by atoms with Crippen LogP contribution >= 0.6 is 0 Å². The third-order valence-electron chi connectivity index (χ3n) is 4.12. The number of nitrogens with zero attached hydrogens (tertiary/aromatic N) is 4. The van der Waals surface area contributed by atoms with Crippen LogP contribution in [0.4, 0.5) is 10.7 Å². The molecule has 1 atom stereocenters. The Morgan fingerprint density at radius 3 is 2.26 bits per heavy atom. The van der Waals surface area contributed by atoms with Crippen LogP contribution in [-0.2, 0) is 9.53 Å². The molecule has 1 saturated heterocycles. The maximum atomic E-state index is 13.0. The number of anilines is 1. The van der Waals surface area contributed by atoms with E-state index >= 15 is 0 Å². The van der Waals surface area contributed by atoms with Crippen molar-refractivity contribution in [2.24, 2.45) is 5.92 Å². The second-order valence-electron chi connectivity index (χ2n) is 8.19. The Balaban J connectivity index is 1.96. The molecule has 0 aliphatic carbocycles. The van der Waals surface area contributed by atoms with E-state index in [9.17, 15) is 9.59 Å². The molecule has 0 spiro atoms. The fraction of sp³-hybridized carbons (Fsp3) is 0.684. The van der Waals surface area contributed by atoms with Crippen LogP contribution < -0.4 is 10.2 Å². The van der Waals surface area contributed by atoms with Crippen LogP contribution in [0.15, 0.2) is 18.5 Å². The summed E-state index contributed by atoms with van der Waals surface area (Å²) in [6.45, 7) is 11.9. The van der Waals surface area contributed by atoms with Gasteiger partial charge in [0.05, 0.1) is 0 Å². The summed E-state index contributed by atoms with van der Waals surface area (Å²) >= 11 is 0. The monoisotopic (exact) mass is 377 g/mol. The Kier molecular flexibility index (Phi) is 6.98. The van der Waals surface area contributed by atoms with Gasteiger partial charge in [-0.3, -0.25) is 4.79 Å². The van der Waals surface area contributed by atoms with E-state index in [4.69, 9.17) is 4.74 Å². The first-order chi connectivity index (χ1) is 12.7. The van der Waals surface area contributed by atoms with Crippen molar-refractivity contribution in [3.8, 4) is 0 Å². The van der Waals surface area contributed by atoms with E-state index in [1.807, 2.05) is 13.8 Å². The van der Waals surface area contributed by atoms with Crippen molar-refractivity contribution >= 4 is 17.9 Å². The van der Waals surface area contributed by atoms with Crippen molar-refractivity contribution in [3.63, 3.8) is 0 Å². The second-order valence-corrected chi connectivity index (χ2v) is 8.19. The van der Waals surface area contributed by atoms with Gasteiger partial charge >= 0.3 is 6.09 Å². The summed E-state index contributed by atoms with van der Waals surface area (Å²) in [6.07, 6.45) is 3.44. The first-order valence-electron chi connectivity index (χ1n) is 9.46. The van der Waals surface area contributed by atoms with Gasteiger partial charge in [-0.2, -0.15) is 0 Å². The molecule has 27 heavy (non-hydrogen) atoms. The van der Waals surface area contributed by atoms with Crippen LogP contribution in [-0.4, -0.2) is 64.7 Å². The smallest absolute Gasteiger partial charge is 0.408 e. The Hall–Kier alpha value is -2.38. The lowest BCUT2D eigenvalue weighted by molar-refractivity contribution is -0.134. The van der Waals surface area contributed by atoms with E-state index in [2.05, 4.69) is 20.2 Å². The summed E-state index contributed by atoms with van der Waals surface area (Å²) in [5.74, 6) is 0.881. The van der Waals surface area contributed by atoms with Gasteiger partial charge in [-0.15, -0.1) is 0 Å².